The van der Waals surface area contributed by atoms with Gasteiger partial charge in [0.25, 0.3) is 0 Å². The maximum Gasteiger partial charge on any atom is 0.374 e. The normalized spacial score (nSPS) is 10.8. The van der Waals surface area contributed by atoms with Crippen molar-refractivity contribution in [1.82, 2.24) is 0 Å². The van der Waals surface area contributed by atoms with Crippen molar-refractivity contribution >= 4 is 52.1 Å². The van der Waals surface area contributed by atoms with Gasteiger partial charge in [0, 0.05) is 6.07 Å². The maximum atomic E-state index is 12.0. The minimum absolute atomic E-state index is 0.0987. The quantitative estimate of drug-likeness (QED) is 0.259. The second kappa shape index (κ2) is 12.0. The summed E-state index contributed by atoms with van der Waals surface area (Å²) in [6.07, 6.45) is 0.459. The third kappa shape index (κ3) is 7.33. The Morgan fingerprint density at radius 1 is 1.03 bits per heavy atom. The lowest BCUT2D eigenvalue weighted by Crippen LogP contribution is -2.10. The van der Waals surface area contributed by atoms with Crippen molar-refractivity contribution in [2.24, 2.45) is 0 Å². The van der Waals surface area contributed by atoms with Crippen LogP contribution in [0.3, 0.4) is 0 Å². The van der Waals surface area contributed by atoms with Crippen molar-refractivity contribution in [2.45, 2.75) is 20.8 Å². The fourth-order valence-electron chi connectivity index (χ4n) is 2.75. The Bertz CT molecular complexity index is 1370. The molecule has 0 aliphatic rings. The summed E-state index contributed by atoms with van der Waals surface area (Å²) in [6, 6.07) is 9.25. The van der Waals surface area contributed by atoms with E-state index in [1.807, 2.05) is 0 Å². The summed E-state index contributed by atoms with van der Waals surface area (Å²) in [6.45, 7) is 5.43. The molecule has 184 valence electrons. The van der Waals surface area contributed by atoms with E-state index >= 15 is 0 Å². The molecule has 1 heterocycles. The van der Waals surface area contributed by atoms with E-state index in [2.05, 4.69) is 0 Å². The first-order valence-corrected chi connectivity index (χ1v) is 10.7. The summed E-state index contributed by atoms with van der Waals surface area (Å²) < 4.78 is 15.1. The SMILES string of the molecule is CCOC(=O)c1cc(=O)c2c(C)ccc(Cl)c2o1.Cc1ccc(Cl)c(O/C(=C/C(=O)O)C(=O)O)c1. The number of fused-ring (bicyclic) bond motifs is 1. The summed E-state index contributed by atoms with van der Waals surface area (Å²) in [5, 5.41) is 18.1. The first kappa shape index (κ1) is 27.4. The van der Waals surface area contributed by atoms with Crippen LogP contribution in [0.5, 0.6) is 5.75 Å². The van der Waals surface area contributed by atoms with Gasteiger partial charge >= 0.3 is 17.9 Å². The highest BCUT2D eigenvalue weighted by molar-refractivity contribution is 6.35. The largest absolute Gasteiger partial charge is 0.478 e. The number of hydrogen-bond donors (Lipinski definition) is 2. The van der Waals surface area contributed by atoms with Crippen LogP contribution in [0.4, 0.5) is 0 Å². The Morgan fingerprint density at radius 3 is 2.29 bits per heavy atom. The molecule has 2 N–H and O–H groups in total. The zero-order valence-electron chi connectivity index (χ0n) is 18.8. The van der Waals surface area contributed by atoms with Crippen LogP contribution in [-0.4, -0.2) is 34.7 Å². The molecule has 35 heavy (non-hydrogen) atoms. The molecule has 0 atom stereocenters. The van der Waals surface area contributed by atoms with E-state index in [0.29, 0.717) is 16.5 Å². The average Bonchev–Trinajstić information content (AvgIpc) is 2.78. The van der Waals surface area contributed by atoms with E-state index in [1.54, 1.807) is 39.0 Å². The lowest BCUT2D eigenvalue weighted by atomic mass is 10.1. The highest BCUT2D eigenvalue weighted by Crippen LogP contribution is 2.27. The van der Waals surface area contributed by atoms with Crippen molar-refractivity contribution in [3.63, 3.8) is 0 Å². The average molecular weight is 523 g/mol. The molecule has 3 rings (SSSR count). The van der Waals surface area contributed by atoms with E-state index in [1.165, 1.54) is 12.1 Å². The zero-order valence-corrected chi connectivity index (χ0v) is 20.3. The molecule has 0 spiro atoms. The molecule has 11 heteroatoms. The van der Waals surface area contributed by atoms with E-state index in [4.69, 9.17) is 47.3 Å². The number of hydrogen-bond acceptors (Lipinski definition) is 7. The molecule has 0 unspecified atom stereocenters. The third-order valence-electron chi connectivity index (χ3n) is 4.29. The predicted octanol–water partition coefficient (Wildman–Crippen LogP) is 5.01. The number of rotatable bonds is 6. The fraction of sp³-hybridized carbons (Fsp3) is 0.167. The van der Waals surface area contributed by atoms with Gasteiger partial charge in [-0.05, 0) is 50.1 Å². The molecule has 3 aromatic rings. The van der Waals surface area contributed by atoms with Crippen molar-refractivity contribution < 1.29 is 38.5 Å². The Kier molecular flexibility index (Phi) is 9.44. The van der Waals surface area contributed by atoms with Gasteiger partial charge in [-0.25, -0.2) is 14.4 Å². The summed E-state index contributed by atoms with van der Waals surface area (Å²) in [5.74, 6) is -4.31. The molecule has 0 aliphatic carbocycles. The van der Waals surface area contributed by atoms with Crippen molar-refractivity contribution in [3.05, 3.63) is 85.4 Å². The van der Waals surface area contributed by atoms with Crippen LogP contribution in [0, 0.1) is 13.8 Å². The van der Waals surface area contributed by atoms with Crippen molar-refractivity contribution in [2.75, 3.05) is 6.61 Å². The number of aryl methyl sites for hydroxylation is 2. The van der Waals surface area contributed by atoms with Crippen LogP contribution in [0.25, 0.3) is 11.0 Å². The molecular formula is C24H20Cl2O9. The van der Waals surface area contributed by atoms with E-state index in [0.717, 1.165) is 17.2 Å². The first-order valence-electron chi connectivity index (χ1n) is 9.96. The van der Waals surface area contributed by atoms with Crippen molar-refractivity contribution in [3.8, 4) is 5.75 Å². The van der Waals surface area contributed by atoms with Crippen LogP contribution in [0.2, 0.25) is 10.0 Å². The van der Waals surface area contributed by atoms with E-state index in [-0.39, 0.29) is 34.2 Å². The lowest BCUT2D eigenvalue weighted by molar-refractivity contribution is -0.137. The monoisotopic (exact) mass is 522 g/mol. The number of carboxylic acid groups (broad SMARTS) is 2. The zero-order chi connectivity index (χ0) is 26.3. The fourth-order valence-corrected chi connectivity index (χ4v) is 3.10. The van der Waals surface area contributed by atoms with Gasteiger partial charge in [0.15, 0.2) is 11.0 Å². The second-order valence-corrected chi connectivity index (χ2v) is 7.77. The molecule has 1 aromatic heterocycles. The molecule has 9 nitrogen and oxygen atoms in total. The smallest absolute Gasteiger partial charge is 0.374 e. The number of halogens is 2. The minimum Gasteiger partial charge on any atom is -0.478 e. The highest BCUT2D eigenvalue weighted by Gasteiger charge is 2.16. The van der Waals surface area contributed by atoms with Gasteiger partial charge in [0.2, 0.25) is 11.5 Å². The number of carbonyl (C=O) groups is 3. The first-order chi connectivity index (χ1) is 16.4. The number of ether oxygens (including phenoxy) is 2. The van der Waals surface area contributed by atoms with Gasteiger partial charge in [-0.3, -0.25) is 4.79 Å². The molecule has 0 bridgehead atoms. The maximum absolute atomic E-state index is 12.0. The van der Waals surface area contributed by atoms with Crippen LogP contribution in [0.15, 0.2) is 57.4 Å². The Hall–Kier alpha value is -3.82. The predicted molar refractivity (Wildman–Crippen MR) is 128 cm³/mol. The topological polar surface area (TPSA) is 140 Å². The Morgan fingerprint density at radius 2 is 1.69 bits per heavy atom. The number of esters is 1. The summed E-state index contributed by atoms with van der Waals surface area (Å²) >= 11 is 11.8. The minimum atomic E-state index is -1.48. The van der Waals surface area contributed by atoms with Crippen LogP contribution >= 0.6 is 23.2 Å². The Balaban J connectivity index is 0.000000247. The van der Waals surface area contributed by atoms with Gasteiger partial charge in [0.05, 0.1) is 28.1 Å². The number of carbonyl (C=O) groups excluding carboxylic acids is 1. The number of benzene rings is 2. The standard InChI is InChI=1S/C13H11ClO4.C11H9ClO5/c1-3-17-13(16)10-6-9(15)11-7(2)4-5-8(14)12(11)18-10;1-6-2-3-7(12)8(4-6)17-9(11(15)16)5-10(13)14/h4-6H,3H2,1-2H3;2-5H,1H3,(H,13,14)(H,15,16)/b;9-5+. The molecule has 0 aliphatic heterocycles. The van der Waals surface area contributed by atoms with Crippen LogP contribution < -0.4 is 10.2 Å². The molecule has 0 radical (unpaired) electrons. The third-order valence-corrected chi connectivity index (χ3v) is 4.90. The number of carboxylic acids is 2. The van der Waals surface area contributed by atoms with Crippen LogP contribution in [0.1, 0.15) is 28.6 Å². The van der Waals surface area contributed by atoms with Crippen LogP contribution in [-0.2, 0) is 14.3 Å². The molecule has 0 fully saturated rings. The summed E-state index contributed by atoms with van der Waals surface area (Å²) in [5.41, 5.74) is 1.47. The highest BCUT2D eigenvalue weighted by atomic mass is 35.5. The molecule has 0 saturated heterocycles. The van der Waals surface area contributed by atoms with Crippen molar-refractivity contribution in [1.29, 1.82) is 0 Å². The lowest BCUT2D eigenvalue weighted by Gasteiger charge is -2.08. The summed E-state index contributed by atoms with van der Waals surface area (Å²) in [7, 11) is 0. The molecular weight excluding hydrogens is 503 g/mol. The van der Waals surface area contributed by atoms with Gasteiger partial charge in [-0.15, -0.1) is 0 Å². The van der Waals surface area contributed by atoms with E-state index < -0.39 is 23.7 Å². The molecule has 0 saturated carbocycles. The molecule has 2 aromatic carbocycles. The van der Waals surface area contributed by atoms with Gasteiger partial charge in [-0.2, -0.15) is 0 Å². The van der Waals surface area contributed by atoms with Gasteiger partial charge in [0.1, 0.15) is 5.75 Å². The molecule has 0 amide bonds. The summed E-state index contributed by atoms with van der Waals surface area (Å²) in [4.78, 5) is 44.6. The van der Waals surface area contributed by atoms with Gasteiger partial charge in [-0.1, -0.05) is 35.3 Å². The Labute approximate surface area is 209 Å². The second-order valence-electron chi connectivity index (χ2n) is 6.95. The van der Waals surface area contributed by atoms with Gasteiger partial charge < -0.3 is 24.1 Å². The van der Waals surface area contributed by atoms with E-state index in [9.17, 15) is 19.2 Å². The number of aliphatic carboxylic acids is 2.